The van der Waals surface area contributed by atoms with E-state index in [0.29, 0.717) is 6.54 Å². The number of halogens is 2. The molecule has 1 heterocycles. The SMILES string of the molecule is CN(Cc1ccc(Cl)s1)C(CN)c1cccc(F)c1. The Hall–Kier alpha value is -0.940. The van der Waals surface area contributed by atoms with Crippen molar-refractivity contribution in [3.63, 3.8) is 0 Å². The molecule has 1 aromatic carbocycles. The van der Waals surface area contributed by atoms with Crippen LogP contribution < -0.4 is 5.73 Å². The van der Waals surface area contributed by atoms with Crippen molar-refractivity contribution in [1.82, 2.24) is 4.90 Å². The van der Waals surface area contributed by atoms with Gasteiger partial charge < -0.3 is 5.73 Å². The van der Waals surface area contributed by atoms with Gasteiger partial charge in [-0.25, -0.2) is 4.39 Å². The number of nitrogens with zero attached hydrogens (tertiary/aromatic N) is 1. The molecule has 5 heteroatoms. The highest BCUT2D eigenvalue weighted by Crippen LogP contribution is 2.26. The van der Waals surface area contributed by atoms with Crippen LogP contribution in [0.25, 0.3) is 0 Å². The fourth-order valence-electron chi connectivity index (χ4n) is 2.08. The Morgan fingerprint density at radius 1 is 1.37 bits per heavy atom. The topological polar surface area (TPSA) is 29.3 Å². The molecule has 0 aliphatic carbocycles. The second-order valence-corrected chi connectivity index (χ2v) is 6.23. The first kappa shape index (κ1) is 14.5. The molecule has 1 aromatic heterocycles. The van der Waals surface area contributed by atoms with E-state index in [1.807, 2.05) is 25.2 Å². The van der Waals surface area contributed by atoms with E-state index in [1.165, 1.54) is 17.0 Å². The first-order valence-corrected chi connectivity index (χ1v) is 7.19. The molecule has 0 saturated heterocycles. The molecule has 1 atom stereocenters. The van der Waals surface area contributed by atoms with Crippen molar-refractivity contribution < 1.29 is 4.39 Å². The number of benzene rings is 1. The van der Waals surface area contributed by atoms with E-state index in [9.17, 15) is 4.39 Å². The normalized spacial score (nSPS) is 12.9. The van der Waals surface area contributed by atoms with Crippen LogP contribution in [-0.4, -0.2) is 18.5 Å². The van der Waals surface area contributed by atoms with Gasteiger partial charge in [0.15, 0.2) is 0 Å². The summed E-state index contributed by atoms with van der Waals surface area (Å²) in [5.74, 6) is -0.233. The minimum absolute atomic E-state index is 0.00317. The Balaban J connectivity index is 2.12. The third kappa shape index (κ3) is 3.76. The zero-order chi connectivity index (χ0) is 13.8. The van der Waals surface area contributed by atoms with Crippen molar-refractivity contribution in [2.75, 3.05) is 13.6 Å². The van der Waals surface area contributed by atoms with E-state index in [2.05, 4.69) is 4.90 Å². The zero-order valence-electron chi connectivity index (χ0n) is 10.6. The lowest BCUT2D eigenvalue weighted by atomic mass is 10.1. The third-order valence-electron chi connectivity index (χ3n) is 3.02. The Labute approximate surface area is 121 Å². The Bertz CT molecular complexity index is 544. The number of thiophene rings is 1. The van der Waals surface area contributed by atoms with Gasteiger partial charge in [0.1, 0.15) is 5.82 Å². The molecule has 1 unspecified atom stereocenters. The van der Waals surface area contributed by atoms with Gasteiger partial charge in [0.05, 0.1) is 4.34 Å². The second-order valence-electron chi connectivity index (χ2n) is 4.43. The molecule has 0 spiro atoms. The molecule has 2 N–H and O–H groups in total. The van der Waals surface area contributed by atoms with Crippen LogP contribution in [0.5, 0.6) is 0 Å². The van der Waals surface area contributed by atoms with Gasteiger partial charge in [-0.05, 0) is 36.9 Å². The summed E-state index contributed by atoms with van der Waals surface area (Å²) in [6.07, 6.45) is 0. The molecule has 0 aliphatic heterocycles. The molecule has 102 valence electrons. The lowest BCUT2D eigenvalue weighted by Gasteiger charge is -2.26. The summed E-state index contributed by atoms with van der Waals surface area (Å²) in [7, 11) is 1.98. The molecule has 19 heavy (non-hydrogen) atoms. The van der Waals surface area contributed by atoms with Crippen molar-refractivity contribution in [2.45, 2.75) is 12.6 Å². The quantitative estimate of drug-likeness (QED) is 0.912. The first-order valence-electron chi connectivity index (χ1n) is 6.00. The molecule has 2 nitrogen and oxygen atoms in total. The molecule has 2 rings (SSSR count). The zero-order valence-corrected chi connectivity index (χ0v) is 12.2. The third-order valence-corrected chi connectivity index (χ3v) is 4.24. The monoisotopic (exact) mass is 298 g/mol. The molecular weight excluding hydrogens is 283 g/mol. The van der Waals surface area contributed by atoms with Crippen LogP contribution in [0.1, 0.15) is 16.5 Å². The minimum Gasteiger partial charge on any atom is -0.329 e. The molecule has 0 aliphatic rings. The molecule has 0 bridgehead atoms. The highest BCUT2D eigenvalue weighted by Gasteiger charge is 2.16. The van der Waals surface area contributed by atoms with Crippen LogP contribution in [0.4, 0.5) is 4.39 Å². The summed E-state index contributed by atoms with van der Waals surface area (Å²) in [6.45, 7) is 1.19. The average molecular weight is 299 g/mol. The van der Waals surface area contributed by atoms with Gasteiger partial charge >= 0.3 is 0 Å². The second kappa shape index (κ2) is 6.48. The van der Waals surface area contributed by atoms with Gasteiger partial charge in [0.25, 0.3) is 0 Å². The molecule has 2 aromatic rings. The van der Waals surface area contributed by atoms with Gasteiger partial charge in [-0.15, -0.1) is 11.3 Å². The highest BCUT2D eigenvalue weighted by molar-refractivity contribution is 7.16. The van der Waals surface area contributed by atoms with Crippen LogP contribution in [0.3, 0.4) is 0 Å². The van der Waals surface area contributed by atoms with E-state index < -0.39 is 0 Å². The minimum atomic E-state index is -0.233. The molecule has 0 fully saturated rings. The fourth-order valence-corrected chi connectivity index (χ4v) is 3.23. The van der Waals surface area contributed by atoms with Crippen LogP contribution in [0, 0.1) is 5.82 Å². The van der Waals surface area contributed by atoms with Crippen molar-refractivity contribution in [1.29, 1.82) is 0 Å². The predicted molar refractivity (Wildman–Crippen MR) is 79.0 cm³/mol. The number of rotatable bonds is 5. The summed E-state index contributed by atoms with van der Waals surface area (Å²) in [5, 5.41) is 0. The van der Waals surface area contributed by atoms with E-state index in [1.54, 1.807) is 17.4 Å². The van der Waals surface area contributed by atoms with Crippen molar-refractivity contribution >= 4 is 22.9 Å². The van der Waals surface area contributed by atoms with Crippen LogP contribution >= 0.6 is 22.9 Å². The number of hydrogen-bond acceptors (Lipinski definition) is 3. The summed E-state index contributed by atoms with van der Waals surface area (Å²) >= 11 is 7.47. The maximum Gasteiger partial charge on any atom is 0.123 e. The standard InChI is InChI=1S/C14H16ClFN2S/c1-18(9-12-5-6-14(15)19-12)13(8-17)10-3-2-4-11(16)7-10/h2-7,13H,8-9,17H2,1H3. The predicted octanol–water partition coefficient (Wildman–Crippen LogP) is 3.67. The number of hydrogen-bond donors (Lipinski definition) is 1. The Morgan fingerprint density at radius 3 is 2.74 bits per heavy atom. The van der Waals surface area contributed by atoms with E-state index in [4.69, 9.17) is 17.3 Å². The van der Waals surface area contributed by atoms with E-state index >= 15 is 0 Å². The maximum atomic E-state index is 13.3. The number of likely N-dealkylation sites (N-methyl/N-ethyl adjacent to an activating group) is 1. The lowest BCUT2D eigenvalue weighted by molar-refractivity contribution is 0.243. The summed E-state index contributed by atoms with van der Waals surface area (Å²) in [6, 6.07) is 10.5. The Kier molecular flexibility index (Phi) is 4.93. The first-order chi connectivity index (χ1) is 9.10. The molecule has 0 amide bonds. The summed E-state index contributed by atoms with van der Waals surface area (Å²) in [4.78, 5) is 3.28. The van der Waals surface area contributed by atoms with Gasteiger partial charge in [0, 0.05) is 24.0 Å². The fraction of sp³-hybridized carbons (Fsp3) is 0.286. The van der Waals surface area contributed by atoms with Crippen LogP contribution in [-0.2, 0) is 6.54 Å². The Morgan fingerprint density at radius 2 is 2.16 bits per heavy atom. The van der Waals surface area contributed by atoms with Gasteiger partial charge in [-0.1, -0.05) is 23.7 Å². The lowest BCUT2D eigenvalue weighted by Crippen LogP contribution is -2.30. The van der Waals surface area contributed by atoms with E-state index in [0.717, 1.165) is 16.4 Å². The molecule has 0 saturated carbocycles. The van der Waals surface area contributed by atoms with Crippen molar-refractivity contribution in [3.05, 3.63) is 57.0 Å². The van der Waals surface area contributed by atoms with E-state index in [-0.39, 0.29) is 11.9 Å². The van der Waals surface area contributed by atoms with Crippen molar-refractivity contribution in [3.8, 4) is 0 Å². The van der Waals surface area contributed by atoms with Crippen LogP contribution in [0.2, 0.25) is 4.34 Å². The number of nitrogens with two attached hydrogens (primary N) is 1. The van der Waals surface area contributed by atoms with Gasteiger partial charge in [-0.3, -0.25) is 4.90 Å². The summed E-state index contributed by atoms with van der Waals surface area (Å²) < 4.78 is 14.1. The van der Waals surface area contributed by atoms with Crippen molar-refractivity contribution in [2.24, 2.45) is 5.73 Å². The average Bonchev–Trinajstić information content (AvgIpc) is 2.75. The summed E-state index contributed by atoms with van der Waals surface area (Å²) in [5.41, 5.74) is 6.72. The van der Waals surface area contributed by atoms with Gasteiger partial charge in [0.2, 0.25) is 0 Å². The van der Waals surface area contributed by atoms with Gasteiger partial charge in [-0.2, -0.15) is 0 Å². The van der Waals surface area contributed by atoms with Crippen LogP contribution in [0.15, 0.2) is 36.4 Å². The smallest absolute Gasteiger partial charge is 0.123 e. The molecule has 0 radical (unpaired) electrons. The largest absolute Gasteiger partial charge is 0.329 e. The maximum absolute atomic E-state index is 13.3. The highest BCUT2D eigenvalue weighted by atomic mass is 35.5. The molecular formula is C14H16ClFN2S.